The number of hydrogen-bond acceptors (Lipinski definition) is 5. The maximum absolute atomic E-state index is 11.4. The molecule has 2 heterocycles. The molecule has 5 heteroatoms. The van der Waals surface area contributed by atoms with Crippen LogP contribution in [0.25, 0.3) is 21.8 Å². The van der Waals surface area contributed by atoms with E-state index in [1.807, 2.05) is 24.3 Å². The second-order valence-corrected chi connectivity index (χ2v) is 4.37. The van der Waals surface area contributed by atoms with Crippen molar-refractivity contribution in [2.45, 2.75) is 6.42 Å². The maximum Gasteiger partial charge on any atom is 0.288 e. The van der Waals surface area contributed by atoms with Crippen LogP contribution in [-0.4, -0.2) is 15.2 Å². The summed E-state index contributed by atoms with van der Waals surface area (Å²) in [4.78, 5) is 15.7. The molecule has 0 saturated heterocycles. The van der Waals surface area contributed by atoms with Crippen molar-refractivity contribution in [1.29, 1.82) is 0 Å². The molecule has 0 aliphatic rings. The Bertz CT molecular complexity index is 874. The molecule has 2 aromatic heterocycles. The van der Waals surface area contributed by atoms with Crippen molar-refractivity contribution in [2.75, 3.05) is 0 Å². The molecule has 0 atom stereocenters. The van der Waals surface area contributed by atoms with E-state index in [0.29, 0.717) is 11.9 Å². The summed E-state index contributed by atoms with van der Waals surface area (Å²) >= 11 is 0. The van der Waals surface area contributed by atoms with E-state index in [0.717, 1.165) is 21.9 Å². The quantitative estimate of drug-likeness (QED) is 0.759. The third-order valence-electron chi connectivity index (χ3n) is 3.13. The summed E-state index contributed by atoms with van der Waals surface area (Å²) in [5.74, 6) is 0. The van der Waals surface area contributed by atoms with Gasteiger partial charge in [0.1, 0.15) is 5.52 Å². The van der Waals surface area contributed by atoms with Gasteiger partial charge in [-0.05, 0) is 36.4 Å². The summed E-state index contributed by atoms with van der Waals surface area (Å²) in [6.45, 7) is 0. The van der Waals surface area contributed by atoms with Gasteiger partial charge in [0.15, 0.2) is 0 Å². The number of nitrogens with zero attached hydrogens (tertiary/aromatic N) is 3. The van der Waals surface area contributed by atoms with Crippen LogP contribution in [0, 0.1) is 0 Å². The molecule has 2 N–H and O–H groups in total. The molecule has 3 aromatic rings. The predicted molar refractivity (Wildman–Crippen MR) is 78.1 cm³/mol. The standard InChI is InChI=1S/C15H12N4O/c16-8-1-2-10-7-9-17-12-5-3-11-4-6-13(20)18-19-15(11)14(10)12/h1,3-9H,2,16H2. The lowest BCUT2D eigenvalue weighted by Gasteiger charge is -2.05. The second kappa shape index (κ2) is 5.05. The van der Waals surface area contributed by atoms with Crippen molar-refractivity contribution in [1.82, 2.24) is 15.2 Å². The van der Waals surface area contributed by atoms with Crippen LogP contribution >= 0.6 is 0 Å². The molecule has 0 amide bonds. The van der Waals surface area contributed by atoms with Crippen molar-refractivity contribution in [3.8, 4) is 0 Å². The first kappa shape index (κ1) is 12.2. The second-order valence-electron chi connectivity index (χ2n) is 4.37. The highest BCUT2D eigenvalue weighted by Gasteiger charge is 2.07. The van der Waals surface area contributed by atoms with E-state index >= 15 is 0 Å². The molecule has 5 nitrogen and oxygen atoms in total. The van der Waals surface area contributed by atoms with E-state index in [9.17, 15) is 4.79 Å². The molecule has 0 radical (unpaired) electrons. The van der Waals surface area contributed by atoms with Crippen LogP contribution in [0.3, 0.4) is 0 Å². The zero-order chi connectivity index (χ0) is 13.9. The molecular weight excluding hydrogens is 252 g/mol. The van der Waals surface area contributed by atoms with Gasteiger partial charge in [0.25, 0.3) is 5.56 Å². The summed E-state index contributed by atoms with van der Waals surface area (Å²) in [6.07, 6.45) is 5.81. The number of benzene rings is 1. The molecule has 0 bridgehead atoms. The minimum atomic E-state index is -0.360. The van der Waals surface area contributed by atoms with Crippen LogP contribution in [0.1, 0.15) is 5.56 Å². The summed E-state index contributed by atoms with van der Waals surface area (Å²) in [5.41, 5.74) is 7.61. The molecule has 3 rings (SSSR count). The third-order valence-corrected chi connectivity index (χ3v) is 3.13. The Morgan fingerprint density at radius 2 is 1.95 bits per heavy atom. The van der Waals surface area contributed by atoms with E-state index in [1.165, 1.54) is 12.3 Å². The van der Waals surface area contributed by atoms with Crippen molar-refractivity contribution >= 4 is 21.8 Å². The van der Waals surface area contributed by atoms with E-state index in [-0.39, 0.29) is 5.56 Å². The number of pyridine rings is 1. The zero-order valence-corrected chi connectivity index (χ0v) is 10.7. The molecule has 0 aliphatic heterocycles. The average Bonchev–Trinajstić information content (AvgIpc) is 2.67. The number of hydrogen-bond donors (Lipinski definition) is 1. The van der Waals surface area contributed by atoms with Gasteiger partial charge in [-0.15, -0.1) is 10.2 Å². The summed E-state index contributed by atoms with van der Waals surface area (Å²) in [6, 6.07) is 8.87. The van der Waals surface area contributed by atoms with Gasteiger partial charge in [0.05, 0.1) is 5.52 Å². The monoisotopic (exact) mass is 264 g/mol. The molecule has 98 valence electrons. The van der Waals surface area contributed by atoms with E-state index in [1.54, 1.807) is 12.3 Å². The molecule has 1 aromatic carbocycles. The molecule has 20 heavy (non-hydrogen) atoms. The number of fused-ring (bicyclic) bond motifs is 3. The van der Waals surface area contributed by atoms with E-state index < -0.39 is 0 Å². The molecule has 0 aliphatic carbocycles. The molecule has 0 saturated carbocycles. The minimum absolute atomic E-state index is 0.360. The van der Waals surface area contributed by atoms with Crippen LogP contribution in [0.5, 0.6) is 0 Å². The Labute approximate surface area is 114 Å². The van der Waals surface area contributed by atoms with Crippen molar-refractivity contribution in [3.05, 3.63) is 64.7 Å². The third kappa shape index (κ3) is 2.09. The molecular formula is C15H12N4O. The Hall–Kier alpha value is -2.82. The van der Waals surface area contributed by atoms with Gasteiger partial charge < -0.3 is 5.73 Å². The molecule has 0 spiro atoms. The fraction of sp³-hybridized carbons (Fsp3) is 0.0667. The Morgan fingerprint density at radius 3 is 2.80 bits per heavy atom. The average molecular weight is 264 g/mol. The molecule has 0 unspecified atom stereocenters. The predicted octanol–water partition coefficient (Wildman–Crippen LogP) is 1.55. The first-order chi connectivity index (χ1) is 9.79. The van der Waals surface area contributed by atoms with Crippen LogP contribution < -0.4 is 11.3 Å². The lowest BCUT2D eigenvalue weighted by atomic mass is 10.0. The fourth-order valence-corrected chi connectivity index (χ4v) is 2.21. The summed E-state index contributed by atoms with van der Waals surface area (Å²) in [7, 11) is 0. The first-order valence-corrected chi connectivity index (χ1v) is 6.20. The van der Waals surface area contributed by atoms with Crippen molar-refractivity contribution in [3.63, 3.8) is 0 Å². The van der Waals surface area contributed by atoms with Gasteiger partial charge in [-0.2, -0.15) is 0 Å². The Balaban J connectivity index is 2.45. The highest BCUT2D eigenvalue weighted by Crippen LogP contribution is 2.24. The highest BCUT2D eigenvalue weighted by molar-refractivity contribution is 6.05. The Morgan fingerprint density at radius 1 is 1.10 bits per heavy atom. The topological polar surface area (TPSA) is 81.8 Å². The lowest BCUT2D eigenvalue weighted by molar-refractivity contribution is 1.04. The van der Waals surface area contributed by atoms with Crippen LogP contribution in [0.15, 0.2) is 53.6 Å². The normalized spacial score (nSPS) is 11.4. The smallest absolute Gasteiger partial charge is 0.288 e. The largest absolute Gasteiger partial charge is 0.405 e. The zero-order valence-electron chi connectivity index (χ0n) is 10.7. The van der Waals surface area contributed by atoms with E-state index in [4.69, 9.17) is 5.73 Å². The van der Waals surface area contributed by atoms with Crippen molar-refractivity contribution < 1.29 is 0 Å². The first-order valence-electron chi connectivity index (χ1n) is 6.20. The van der Waals surface area contributed by atoms with Gasteiger partial charge in [0.2, 0.25) is 0 Å². The van der Waals surface area contributed by atoms with E-state index in [2.05, 4.69) is 15.2 Å². The minimum Gasteiger partial charge on any atom is -0.405 e. The number of nitrogens with two attached hydrogens (primary N) is 1. The number of rotatable bonds is 2. The fourth-order valence-electron chi connectivity index (χ4n) is 2.21. The maximum atomic E-state index is 11.4. The number of aromatic nitrogens is 3. The van der Waals surface area contributed by atoms with Gasteiger partial charge >= 0.3 is 0 Å². The van der Waals surface area contributed by atoms with Crippen molar-refractivity contribution in [2.24, 2.45) is 5.73 Å². The van der Waals surface area contributed by atoms with Crippen LogP contribution in [-0.2, 0) is 6.42 Å². The van der Waals surface area contributed by atoms with Crippen LogP contribution in [0.4, 0.5) is 0 Å². The Kier molecular flexibility index (Phi) is 3.09. The number of allylic oxidation sites excluding steroid dienone is 1. The van der Waals surface area contributed by atoms with Gasteiger partial charge in [-0.25, -0.2) is 0 Å². The highest BCUT2D eigenvalue weighted by atomic mass is 16.1. The lowest BCUT2D eigenvalue weighted by Crippen LogP contribution is -1.99. The van der Waals surface area contributed by atoms with Gasteiger partial charge in [-0.3, -0.25) is 9.78 Å². The SMILES string of the molecule is NC=CCc1ccnc2ccc3ccc(=O)nnc3c12. The summed E-state index contributed by atoms with van der Waals surface area (Å²) < 4.78 is 0. The summed E-state index contributed by atoms with van der Waals surface area (Å²) in [5, 5.41) is 9.52. The van der Waals surface area contributed by atoms with Crippen LogP contribution in [0.2, 0.25) is 0 Å². The van der Waals surface area contributed by atoms with Gasteiger partial charge in [-0.1, -0.05) is 12.1 Å². The van der Waals surface area contributed by atoms with Gasteiger partial charge in [0, 0.05) is 23.0 Å². The molecule has 0 fully saturated rings.